The highest BCUT2D eigenvalue weighted by atomic mass is 32.2. The summed E-state index contributed by atoms with van der Waals surface area (Å²) in [7, 11) is 1.91. The average Bonchev–Trinajstić information content (AvgIpc) is 3.07. The Balaban J connectivity index is 1.63. The number of aromatic nitrogens is 3. The van der Waals surface area contributed by atoms with E-state index in [9.17, 15) is 9.59 Å². The maximum atomic E-state index is 12.5. The molecule has 0 aliphatic heterocycles. The fraction of sp³-hybridized carbons (Fsp3) is 0.273. The second-order valence-electron chi connectivity index (χ2n) is 6.77. The van der Waals surface area contributed by atoms with Crippen molar-refractivity contribution in [2.24, 2.45) is 7.05 Å². The van der Waals surface area contributed by atoms with E-state index in [4.69, 9.17) is 0 Å². The van der Waals surface area contributed by atoms with Gasteiger partial charge in [0.05, 0.1) is 5.75 Å². The predicted octanol–water partition coefficient (Wildman–Crippen LogP) is 4.50. The molecule has 0 saturated carbocycles. The van der Waals surface area contributed by atoms with Gasteiger partial charge in [-0.25, -0.2) is 0 Å². The number of amides is 1. The quantitative estimate of drug-likeness (QED) is 0.438. The molecule has 2 aromatic carbocycles. The Labute approximate surface area is 174 Å². The standard InChI is InChI=1S/C22H24N4O2S/c1-4-7-20(28)23-17-12-10-16(11-13-17)19(27)14-29-22-25-24-21(26(22)3)18-9-6-5-8-15(18)2/h5-6,8-13H,4,7,14H2,1-3H3,(H,23,28). The normalized spacial score (nSPS) is 10.7. The molecule has 0 fully saturated rings. The Bertz CT molecular complexity index is 1010. The zero-order valence-corrected chi connectivity index (χ0v) is 17.6. The van der Waals surface area contributed by atoms with Gasteiger partial charge in [0, 0.05) is 30.3 Å². The van der Waals surface area contributed by atoms with Crippen LogP contribution < -0.4 is 5.32 Å². The number of hydrogen-bond acceptors (Lipinski definition) is 5. The maximum Gasteiger partial charge on any atom is 0.224 e. The number of nitrogens with one attached hydrogen (secondary N) is 1. The van der Waals surface area contributed by atoms with Crippen LogP contribution in [0.1, 0.15) is 35.7 Å². The summed E-state index contributed by atoms with van der Waals surface area (Å²) < 4.78 is 1.91. The number of ketones is 1. The molecule has 0 unspecified atom stereocenters. The number of thioether (sulfide) groups is 1. The number of nitrogens with zero attached hydrogens (tertiary/aromatic N) is 3. The summed E-state index contributed by atoms with van der Waals surface area (Å²) in [5, 5.41) is 12.0. The Kier molecular flexibility index (Phi) is 6.82. The third kappa shape index (κ3) is 5.12. The molecule has 7 heteroatoms. The molecular weight excluding hydrogens is 384 g/mol. The molecule has 3 aromatic rings. The molecule has 1 heterocycles. The predicted molar refractivity (Wildman–Crippen MR) is 116 cm³/mol. The largest absolute Gasteiger partial charge is 0.326 e. The molecule has 6 nitrogen and oxygen atoms in total. The molecule has 29 heavy (non-hydrogen) atoms. The summed E-state index contributed by atoms with van der Waals surface area (Å²) in [6, 6.07) is 15.0. The topological polar surface area (TPSA) is 76.9 Å². The minimum Gasteiger partial charge on any atom is -0.326 e. The van der Waals surface area contributed by atoms with Crippen LogP contribution >= 0.6 is 11.8 Å². The SMILES string of the molecule is CCCC(=O)Nc1ccc(C(=O)CSc2nnc(-c3ccccc3C)n2C)cc1. The Morgan fingerprint density at radius 1 is 1.07 bits per heavy atom. The maximum absolute atomic E-state index is 12.5. The minimum atomic E-state index is -0.0196. The second-order valence-corrected chi connectivity index (χ2v) is 7.71. The van der Waals surface area contributed by atoms with Gasteiger partial charge in [0.1, 0.15) is 0 Å². The fourth-order valence-electron chi connectivity index (χ4n) is 2.90. The first-order valence-corrected chi connectivity index (χ1v) is 10.5. The van der Waals surface area contributed by atoms with Crippen molar-refractivity contribution in [3.63, 3.8) is 0 Å². The van der Waals surface area contributed by atoms with E-state index in [0.29, 0.717) is 22.8 Å². The number of benzene rings is 2. The van der Waals surface area contributed by atoms with Crippen molar-refractivity contribution in [1.82, 2.24) is 14.8 Å². The Morgan fingerprint density at radius 3 is 2.48 bits per heavy atom. The number of anilines is 1. The molecule has 0 bridgehead atoms. The smallest absolute Gasteiger partial charge is 0.224 e. The lowest BCUT2D eigenvalue weighted by Gasteiger charge is -2.07. The van der Waals surface area contributed by atoms with Crippen LogP contribution in [-0.4, -0.2) is 32.2 Å². The molecule has 1 aromatic heterocycles. The van der Waals surface area contributed by atoms with Crippen molar-refractivity contribution in [2.45, 2.75) is 31.8 Å². The van der Waals surface area contributed by atoms with Gasteiger partial charge in [0.15, 0.2) is 16.8 Å². The van der Waals surface area contributed by atoms with Gasteiger partial charge in [-0.3, -0.25) is 9.59 Å². The molecule has 3 rings (SSSR count). The summed E-state index contributed by atoms with van der Waals surface area (Å²) in [6.45, 7) is 3.99. The molecule has 0 spiro atoms. The van der Waals surface area contributed by atoms with Gasteiger partial charge in [0.2, 0.25) is 5.91 Å². The number of carbonyl (C=O) groups is 2. The van der Waals surface area contributed by atoms with Crippen LogP contribution in [0.25, 0.3) is 11.4 Å². The van der Waals surface area contributed by atoms with E-state index in [1.807, 2.05) is 49.7 Å². The number of aryl methyl sites for hydroxylation is 1. The molecule has 0 saturated heterocycles. The number of carbonyl (C=O) groups excluding carboxylic acids is 2. The number of hydrogen-bond donors (Lipinski definition) is 1. The molecule has 0 radical (unpaired) electrons. The van der Waals surface area contributed by atoms with E-state index in [0.717, 1.165) is 23.4 Å². The van der Waals surface area contributed by atoms with E-state index >= 15 is 0 Å². The monoisotopic (exact) mass is 408 g/mol. The van der Waals surface area contributed by atoms with Crippen LogP contribution in [-0.2, 0) is 11.8 Å². The molecule has 0 atom stereocenters. The van der Waals surface area contributed by atoms with Crippen molar-refractivity contribution in [1.29, 1.82) is 0 Å². The van der Waals surface area contributed by atoms with Crippen molar-refractivity contribution in [3.05, 3.63) is 59.7 Å². The summed E-state index contributed by atoms with van der Waals surface area (Å²) >= 11 is 1.36. The lowest BCUT2D eigenvalue weighted by Crippen LogP contribution is -2.11. The minimum absolute atomic E-state index is 0.00174. The molecule has 1 amide bonds. The summed E-state index contributed by atoms with van der Waals surface area (Å²) in [5.41, 5.74) is 3.46. The van der Waals surface area contributed by atoms with Crippen molar-refractivity contribution >= 4 is 29.1 Å². The van der Waals surface area contributed by atoms with Gasteiger partial charge < -0.3 is 9.88 Å². The summed E-state index contributed by atoms with van der Waals surface area (Å²) in [4.78, 5) is 24.2. The van der Waals surface area contributed by atoms with Crippen LogP contribution in [0.5, 0.6) is 0 Å². The molecule has 150 valence electrons. The lowest BCUT2D eigenvalue weighted by atomic mass is 10.1. The fourth-order valence-corrected chi connectivity index (χ4v) is 3.71. The van der Waals surface area contributed by atoms with Gasteiger partial charge in [-0.15, -0.1) is 10.2 Å². The van der Waals surface area contributed by atoms with Crippen LogP contribution in [0.2, 0.25) is 0 Å². The molecule has 1 N–H and O–H groups in total. The Morgan fingerprint density at radius 2 is 1.79 bits per heavy atom. The number of Topliss-reactive ketones (excluding diaryl/α,β-unsaturated/α-hetero) is 1. The molecule has 0 aliphatic rings. The molecule has 0 aliphatic carbocycles. The summed E-state index contributed by atoms with van der Waals surface area (Å²) in [5.74, 6) is 1.03. The summed E-state index contributed by atoms with van der Waals surface area (Å²) in [6.07, 6.45) is 1.28. The Hall–Kier alpha value is -2.93. The van der Waals surface area contributed by atoms with Gasteiger partial charge in [-0.2, -0.15) is 0 Å². The average molecular weight is 409 g/mol. The highest BCUT2D eigenvalue weighted by molar-refractivity contribution is 7.99. The second kappa shape index (κ2) is 9.52. The van der Waals surface area contributed by atoms with Crippen molar-refractivity contribution in [2.75, 3.05) is 11.1 Å². The van der Waals surface area contributed by atoms with E-state index in [1.54, 1.807) is 24.3 Å². The zero-order valence-electron chi connectivity index (χ0n) is 16.8. The highest BCUT2D eigenvalue weighted by Crippen LogP contribution is 2.25. The van der Waals surface area contributed by atoms with E-state index in [2.05, 4.69) is 15.5 Å². The van der Waals surface area contributed by atoms with E-state index in [1.165, 1.54) is 11.8 Å². The van der Waals surface area contributed by atoms with Gasteiger partial charge >= 0.3 is 0 Å². The van der Waals surface area contributed by atoms with Crippen LogP contribution in [0.3, 0.4) is 0 Å². The van der Waals surface area contributed by atoms with Gasteiger partial charge in [0.25, 0.3) is 0 Å². The van der Waals surface area contributed by atoms with Crippen molar-refractivity contribution < 1.29 is 9.59 Å². The van der Waals surface area contributed by atoms with Crippen LogP contribution in [0.4, 0.5) is 5.69 Å². The first kappa shape index (κ1) is 20.8. The van der Waals surface area contributed by atoms with E-state index < -0.39 is 0 Å². The van der Waals surface area contributed by atoms with Crippen molar-refractivity contribution in [3.8, 4) is 11.4 Å². The third-order valence-corrected chi connectivity index (χ3v) is 5.54. The first-order valence-electron chi connectivity index (χ1n) is 9.51. The zero-order chi connectivity index (χ0) is 20.8. The first-order chi connectivity index (χ1) is 14.0. The molecular formula is C22H24N4O2S. The van der Waals surface area contributed by atoms with Gasteiger partial charge in [-0.05, 0) is 43.2 Å². The third-order valence-electron chi connectivity index (χ3n) is 4.52. The van der Waals surface area contributed by atoms with E-state index in [-0.39, 0.29) is 17.4 Å². The lowest BCUT2D eigenvalue weighted by molar-refractivity contribution is -0.116. The van der Waals surface area contributed by atoms with Crippen LogP contribution in [0.15, 0.2) is 53.7 Å². The number of rotatable bonds is 8. The van der Waals surface area contributed by atoms with Gasteiger partial charge in [-0.1, -0.05) is 43.0 Å². The van der Waals surface area contributed by atoms with Crippen LogP contribution in [0, 0.1) is 6.92 Å². The highest BCUT2D eigenvalue weighted by Gasteiger charge is 2.15.